The second kappa shape index (κ2) is 11.6. The van der Waals surface area contributed by atoms with Crippen LogP contribution in [0.1, 0.15) is 25.7 Å². The number of carbonyl (C=O) groups excluding carboxylic acids is 1. The Labute approximate surface area is 182 Å². The van der Waals surface area contributed by atoms with Crippen LogP contribution in [-0.2, 0) is 28.5 Å². The van der Waals surface area contributed by atoms with Crippen LogP contribution in [0.5, 0.6) is 0 Å². The Morgan fingerprint density at radius 3 is 2.03 bits per heavy atom. The van der Waals surface area contributed by atoms with Crippen LogP contribution in [0.25, 0.3) is 0 Å². The molecular weight excluding hydrogens is 440 g/mol. The van der Waals surface area contributed by atoms with Gasteiger partial charge in [-0.1, -0.05) is 0 Å². The smallest absolute Gasteiger partial charge is 0.306 e. The van der Waals surface area contributed by atoms with Crippen LogP contribution in [0.3, 0.4) is 0 Å². The van der Waals surface area contributed by atoms with Crippen molar-refractivity contribution in [2.75, 3.05) is 19.8 Å². The molecule has 2 aliphatic heterocycles. The maximum Gasteiger partial charge on any atom is 0.306 e. The summed E-state index contributed by atoms with van der Waals surface area (Å²) >= 11 is 0. The highest BCUT2D eigenvalue weighted by Gasteiger charge is 2.60. The standard InChI is InChI=1S/C18H30O14/c19-5-8-12(25)14(27)15(28)17(29-8)32-18(7-21)16(13(26)9(6-20)31-18)30-11(24)4-2-1-3-10(22)23/h8-9,12-17,19-21,25-28H,1-7H2,(H,22,23)/t8-,9-,12-,13-,14+,15-,16+,17-,18+/m1/s1. The highest BCUT2D eigenvalue weighted by atomic mass is 16.8. The quantitative estimate of drug-likeness (QED) is 0.106. The van der Waals surface area contributed by atoms with Crippen LogP contribution >= 0.6 is 0 Å². The molecule has 0 amide bonds. The van der Waals surface area contributed by atoms with Crippen molar-refractivity contribution in [1.29, 1.82) is 0 Å². The van der Waals surface area contributed by atoms with Crippen molar-refractivity contribution >= 4 is 11.9 Å². The van der Waals surface area contributed by atoms with Crippen LogP contribution < -0.4 is 0 Å². The number of rotatable bonds is 11. The van der Waals surface area contributed by atoms with Crippen molar-refractivity contribution in [2.45, 2.75) is 80.5 Å². The molecule has 14 nitrogen and oxygen atoms in total. The monoisotopic (exact) mass is 470 g/mol. The van der Waals surface area contributed by atoms with E-state index in [0.29, 0.717) is 0 Å². The predicted molar refractivity (Wildman–Crippen MR) is 98.6 cm³/mol. The van der Waals surface area contributed by atoms with E-state index < -0.39 is 86.6 Å². The molecule has 0 spiro atoms. The molecule has 2 saturated heterocycles. The summed E-state index contributed by atoms with van der Waals surface area (Å²) in [5, 5.41) is 77.8. The molecule has 9 atom stereocenters. The number of carbonyl (C=O) groups is 2. The molecule has 14 heteroatoms. The highest BCUT2D eigenvalue weighted by Crippen LogP contribution is 2.38. The van der Waals surface area contributed by atoms with Crippen molar-refractivity contribution in [1.82, 2.24) is 0 Å². The first-order valence-corrected chi connectivity index (χ1v) is 10.1. The molecular formula is C18H30O14. The zero-order chi connectivity index (χ0) is 24.1. The lowest BCUT2D eigenvalue weighted by Gasteiger charge is -2.43. The van der Waals surface area contributed by atoms with Crippen LogP contribution in [0.4, 0.5) is 0 Å². The molecule has 2 fully saturated rings. The molecule has 186 valence electrons. The molecule has 2 aliphatic rings. The predicted octanol–water partition coefficient (Wildman–Crippen LogP) is -4.20. The first kappa shape index (κ1) is 26.8. The summed E-state index contributed by atoms with van der Waals surface area (Å²) in [7, 11) is 0. The number of carboxylic acid groups (broad SMARTS) is 1. The van der Waals surface area contributed by atoms with E-state index in [9.17, 15) is 45.3 Å². The van der Waals surface area contributed by atoms with Crippen LogP contribution in [0, 0.1) is 0 Å². The lowest BCUT2D eigenvalue weighted by Crippen LogP contribution is -2.63. The maximum absolute atomic E-state index is 12.2. The lowest BCUT2D eigenvalue weighted by molar-refractivity contribution is -0.383. The van der Waals surface area contributed by atoms with Gasteiger partial charge in [0.1, 0.15) is 43.2 Å². The van der Waals surface area contributed by atoms with E-state index in [-0.39, 0.29) is 25.7 Å². The summed E-state index contributed by atoms with van der Waals surface area (Å²) in [5.41, 5.74) is 0. The molecule has 32 heavy (non-hydrogen) atoms. The van der Waals surface area contributed by atoms with E-state index in [1.54, 1.807) is 0 Å². The van der Waals surface area contributed by atoms with Gasteiger partial charge < -0.3 is 59.8 Å². The number of aliphatic carboxylic acids is 1. The Bertz CT molecular complexity index is 629. The van der Waals surface area contributed by atoms with E-state index in [2.05, 4.69) is 0 Å². The molecule has 2 rings (SSSR count). The molecule has 0 unspecified atom stereocenters. The van der Waals surface area contributed by atoms with E-state index in [4.69, 9.17) is 24.1 Å². The number of aliphatic hydroxyl groups excluding tert-OH is 7. The number of hydrogen-bond acceptors (Lipinski definition) is 13. The number of ether oxygens (including phenoxy) is 4. The summed E-state index contributed by atoms with van der Waals surface area (Å²) in [6.07, 6.45) is -13.3. The van der Waals surface area contributed by atoms with Gasteiger partial charge in [-0.25, -0.2) is 0 Å². The first-order chi connectivity index (χ1) is 15.1. The minimum absolute atomic E-state index is 0.157. The Morgan fingerprint density at radius 2 is 1.47 bits per heavy atom. The van der Waals surface area contributed by atoms with Crippen LogP contribution in [0.2, 0.25) is 0 Å². The number of aliphatic hydroxyl groups is 7. The molecule has 0 aliphatic carbocycles. The van der Waals surface area contributed by atoms with Crippen LogP contribution in [0.15, 0.2) is 0 Å². The van der Waals surface area contributed by atoms with E-state index in [1.807, 2.05) is 0 Å². The third kappa shape index (κ3) is 5.91. The average Bonchev–Trinajstić information content (AvgIpc) is 3.03. The summed E-state index contributed by atoms with van der Waals surface area (Å²) in [6.45, 7) is -2.56. The average molecular weight is 470 g/mol. The molecule has 0 aromatic rings. The number of hydrogen-bond donors (Lipinski definition) is 8. The Kier molecular flexibility index (Phi) is 9.71. The van der Waals surface area contributed by atoms with Gasteiger partial charge >= 0.3 is 11.9 Å². The minimum Gasteiger partial charge on any atom is -0.481 e. The molecule has 0 saturated carbocycles. The molecule has 0 radical (unpaired) electrons. The van der Waals surface area contributed by atoms with E-state index >= 15 is 0 Å². The summed E-state index contributed by atoms with van der Waals surface area (Å²) in [5.74, 6) is -4.25. The summed E-state index contributed by atoms with van der Waals surface area (Å²) in [6, 6.07) is 0. The fourth-order valence-electron chi connectivity index (χ4n) is 3.52. The topological polar surface area (TPSA) is 233 Å². The molecule has 0 aromatic heterocycles. The Balaban J connectivity index is 2.16. The second-order valence-electron chi connectivity index (χ2n) is 7.63. The highest BCUT2D eigenvalue weighted by molar-refractivity contribution is 5.70. The van der Waals surface area contributed by atoms with Gasteiger partial charge in [0, 0.05) is 12.8 Å². The SMILES string of the molecule is O=C(O)CCCCC(=O)O[C@H]1[C@H](O)[C@@H](CO)O[C@@]1(CO)O[C@H]1O[C@H](CO)[C@@H](O)[C@H](O)[C@H]1O. The van der Waals surface area contributed by atoms with Gasteiger partial charge in [0.15, 0.2) is 12.4 Å². The third-order valence-corrected chi connectivity index (χ3v) is 5.32. The van der Waals surface area contributed by atoms with Crippen molar-refractivity contribution < 1.29 is 69.4 Å². The number of carboxylic acids is 1. The minimum atomic E-state index is -2.34. The van der Waals surface area contributed by atoms with E-state index in [0.717, 1.165) is 0 Å². The third-order valence-electron chi connectivity index (χ3n) is 5.32. The molecule has 0 bridgehead atoms. The van der Waals surface area contributed by atoms with E-state index in [1.165, 1.54) is 0 Å². The molecule has 2 heterocycles. The van der Waals surface area contributed by atoms with Gasteiger partial charge in [0.05, 0.1) is 13.2 Å². The van der Waals surface area contributed by atoms with Gasteiger partial charge in [-0.05, 0) is 12.8 Å². The van der Waals surface area contributed by atoms with Gasteiger partial charge in [-0.3, -0.25) is 9.59 Å². The summed E-state index contributed by atoms with van der Waals surface area (Å²) in [4.78, 5) is 22.8. The maximum atomic E-state index is 12.2. The van der Waals surface area contributed by atoms with Crippen molar-refractivity contribution in [3.05, 3.63) is 0 Å². The number of unbranched alkanes of at least 4 members (excludes halogenated alkanes) is 1. The number of esters is 1. The zero-order valence-corrected chi connectivity index (χ0v) is 17.1. The summed E-state index contributed by atoms with van der Waals surface area (Å²) < 4.78 is 21.3. The van der Waals surface area contributed by atoms with Gasteiger partial charge in [0.25, 0.3) is 0 Å². The Morgan fingerprint density at radius 1 is 0.844 bits per heavy atom. The molecule has 8 N–H and O–H groups in total. The van der Waals surface area contributed by atoms with Crippen molar-refractivity contribution in [3.8, 4) is 0 Å². The van der Waals surface area contributed by atoms with Gasteiger partial charge in [-0.15, -0.1) is 0 Å². The first-order valence-electron chi connectivity index (χ1n) is 10.1. The normalized spacial score (nSPS) is 39.7. The largest absolute Gasteiger partial charge is 0.481 e. The van der Waals surface area contributed by atoms with Gasteiger partial charge in [0.2, 0.25) is 5.79 Å². The second-order valence-corrected chi connectivity index (χ2v) is 7.63. The van der Waals surface area contributed by atoms with Crippen molar-refractivity contribution in [2.24, 2.45) is 0 Å². The van der Waals surface area contributed by atoms with Gasteiger partial charge in [-0.2, -0.15) is 0 Å². The Hall–Kier alpha value is -1.46. The zero-order valence-electron chi connectivity index (χ0n) is 17.1. The lowest BCUT2D eigenvalue weighted by atomic mass is 9.99. The van der Waals surface area contributed by atoms with Crippen LogP contribution in [-0.4, -0.2) is 127 Å². The molecule has 0 aromatic carbocycles. The van der Waals surface area contributed by atoms with Crippen molar-refractivity contribution in [3.63, 3.8) is 0 Å². The fraction of sp³-hybridized carbons (Fsp3) is 0.889. The fourth-order valence-corrected chi connectivity index (χ4v) is 3.52.